The molecule has 0 radical (unpaired) electrons. The van der Waals surface area contributed by atoms with Crippen LogP contribution in [-0.4, -0.2) is 12.1 Å². The minimum Gasteiger partial charge on any atom is -0.190 e. The van der Waals surface area contributed by atoms with Crippen molar-refractivity contribution in [2.24, 2.45) is 33.9 Å². The highest BCUT2D eigenvalue weighted by Gasteiger charge is 2.62. The van der Waals surface area contributed by atoms with E-state index in [0.29, 0.717) is 12.1 Å². The minimum atomic E-state index is 0.684. The van der Waals surface area contributed by atoms with Gasteiger partial charge in [0.25, 0.3) is 0 Å². The van der Waals surface area contributed by atoms with Crippen molar-refractivity contribution in [2.75, 3.05) is 0 Å². The zero-order valence-electron chi connectivity index (χ0n) is 6.48. The van der Waals surface area contributed by atoms with Crippen LogP contribution in [0.25, 0.3) is 0 Å². The van der Waals surface area contributed by atoms with Gasteiger partial charge < -0.3 is 0 Å². The molecule has 4 atom stereocenters. The summed E-state index contributed by atoms with van der Waals surface area (Å²) in [5, 5.41) is 8.86. The number of azo groups is 1. The van der Waals surface area contributed by atoms with Gasteiger partial charge in [-0.2, -0.15) is 10.2 Å². The third-order valence-corrected chi connectivity index (χ3v) is 4.45. The van der Waals surface area contributed by atoms with Crippen LogP contribution in [0.4, 0.5) is 0 Å². The normalized spacial score (nSPS) is 68.4. The van der Waals surface area contributed by atoms with E-state index in [4.69, 9.17) is 0 Å². The zero-order chi connectivity index (χ0) is 7.00. The highest BCUT2D eigenvalue weighted by Crippen LogP contribution is 2.62. The second kappa shape index (κ2) is 1.39. The highest BCUT2D eigenvalue weighted by molar-refractivity contribution is 5.15. The molecule has 1 heterocycles. The maximum Gasteiger partial charge on any atom is 0.0788 e. The lowest BCUT2D eigenvalue weighted by Crippen LogP contribution is -2.31. The Labute approximate surface area is 66.1 Å². The predicted octanol–water partition coefficient (Wildman–Crippen LogP) is 1.87. The van der Waals surface area contributed by atoms with E-state index < -0.39 is 0 Å². The quantitative estimate of drug-likeness (QED) is 0.501. The maximum atomic E-state index is 4.43. The van der Waals surface area contributed by atoms with Gasteiger partial charge in [0.15, 0.2) is 0 Å². The van der Waals surface area contributed by atoms with Gasteiger partial charge in [0, 0.05) is 5.92 Å². The Morgan fingerprint density at radius 3 is 1.91 bits per heavy atom. The maximum absolute atomic E-state index is 4.43. The van der Waals surface area contributed by atoms with Crippen molar-refractivity contribution in [1.82, 2.24) is 0 Å². The summed E-state index contributed by atoms with van der Waals surface area (Å²) in [4.78, 5) is 0. The van der Waals surface area contributed by atoms with E-state index in [0.717, 1.165) is 23.7 Å². The van der Waals surface area contributed by atoms with Crippen molar-refractivity contribution in [3.8, 4) is 0 Å². The molecule has 4 saturated carbocycles. The van der Waals surface area contributed by atoms with Gasteiger partial charge in [0.2, 0.25) is 0 Å². The topological polar surface area (TPSA) is 24.7 Å². The molecule has 0 aromatic rings. The molecule has 11 heavy (non-hydrogen) atoms. The van der Waals surface area contributed by atoms with E-state index >= 15 is 0 Å². The fourth-order valence-corrected chi connectivity index (χ4v) is 4.21. The van der Waals surface area contributed by atoms with Crippen LogP contribution in [0.1, 0.15) is 19.3 Å². The summed E-state index contributed by atoms with van der Waals surface area (Å²) >= 11 is 0. The molecular formula is C9H12N2. The summed E-state index contributed by atoms with van der Waals surface area (Å²) < 4.78 is 0. The Bertz CT molecular complexity index is 226. The Morgan fingerprint density at radius 1 is 0.727 bits per heavy atom. The fourth-order valence-electron chi connectivity index (χ4n) is 4.21. The van der Waals surface area contributed by atoms with Crippen LogP contribution in [0.2, 0.25) is 0 Å². The van der Waals surface area contributed by atoms with Gasteiger partial charge in [-0.3, -0.25) is 0 Å². The van der Waals surface area contributed by atoms with Crippen LogP contribution in [0.15, 0.2) is 10.2 Å². The molecule has 0 aromatic carbocycles. The lowest BCUT2D eigenvalue weighted by Gasteiger charge is -2.27. The summed E-state index contributed by atoms with van der Waals surface area (Å²) in [6, 6.07) is 1.37. The first kappa shape index (κ1) is 5.28. The van der Waals surface area contributed by atoms with Crippen molar-refractivity contribution < 1.29 is 0 Å². The average molecular weight is 148 g/mol. The Balaban J connectivity index is 1.96. The van der Waals surface area contributed by atoms with Gasteiger partial charge in [-0.05, 0) is 37.0 Å². The minimum absolute atomic E-state index is 0.684. The van der Waals surface area contributed by atoms with E-state index in [1.165, 1.54) is 19.3 Å². The van der Waals surface area contributed by atoms with Gasteiger partial charge >= 0.3 is 0 Å². The van der Waals surface area contributed by atoms with Crippen LogP contribution >= 0.6 is 0 Å². The highest BCUT2D eigenvalue weighted by atomic mass is 15.2. The second-order valence-electron chi connectivity index (χ2n) is 4.78. The monoisotopic (exact) mass is 148 g/mol. The van der Waals surface area contributed by atoms with Crippen molar-refractivity contribution in [3.05, 3.63) is 0 Å². The van der Waals surface area contributed by atoms with Crippen molar-refractivity contribution in [3.63, 3.8) is 0 Å². The first-order chi connectivity index (χ1) is 5.43. The molecule has 4 fully saturated rings. The molecule has 6 bridgehead atoms. The molecule has 5 aliphatic rings. The molecule has 4 aliphatic carbocycles. The molecule has 2 nitrogen and oxygen atoms in total. The molecular weight excluding hydrogens is 136 g/mol. The van der Waals surface area contributed by atoms with Gasteiger partial charge in [-0.15, -0.1) is 0 Å². The standard InChI is InChI=1S/C9H12N2/c1-4-2-6-3-5(1)8-7(4)9(6)11-10-8/h4-9H,1-3H2. The molecule has 1 aliphatic heterocycles. The van der Waals surface area contributed by atoms with E-state index in [1.807, 2.05) is 0 Å². The third kappa shape index (κ3) is 0.414. The molecule has 0 saturated heterocycles. The fraction of sp³-hybridized carbons (Fsp3) is 1.00. The lowest BCUT2D eigenvalue weighted by atomic mass is 9.78. The zero-order valence-corrected chi connectivity index (χ0v) is 6.48. The van der Waals surface area contributed by atoms with E-state index in [-0.39, 0.29) is 0 Å². The summed E-state index contributed by atoms with van der Waals surface area (Å²) in [6.07, 6.45) is 4.43. The summed E-state index contributed by atoms with van der Waals surface area (Å²) in [6.45, 7) is 0. The van der Waals surface area contributed by atoms with E-state index in [1.54, 1.807) is 0 Å². The van der Waals surface area contributed by atoms with Gasteiger partial charge in [0.05, 0.1) is 12.1 Å². The van der Waals surface area contributed by atoms with Crippen LogP contribution in [-0.2, 0) is 0 Å². The Morgan fingerprint density at radius 2 is 1.27 bits per heavy atom. The molecule has 58 valence electrons. The van der Waals surface area contributed by atoms with Gasteiger partial charge in [-0.1, -0.05) is 0 Å². The SMILES string of the molecule is C1C2CC3CC1C1N=NC2C31. The molecule has 5 rings (SSSR count). The molecule has 0 aromatic heterocycles. The Kier molecular flexibility index (Phi) is 0.667. The van der Waals surface area contributed by atoms with Gasteiger partial charge in [0.1, 0.15) is 0 Å². The van der Waals surface area contributed by atoms with Crippen LogP contribution < -0.4 is 0 Å². The number of hydrogen-bond acceptors (Lipinski definition) is 2. The largest absolute Gasteiger partial charge is 0.190 e. The summed E-state index contributed by atoms with van der Waals surface area (Å²) in [5.74, 6) is 3.85. The van der Waals surface area contributed by atoms with E-state index in [2.05, 4.69) is 10.2 Å². The lowest BCUT2D eigenvalue weighted by molar-refractivity contribution is 0.256. The number of nitrogens with zero attached hydrogens (tertiary/aromatic N) is 2. The number of rotatable bonds is 0. The van der Waals surface area contributed by atoms with E-state index in [9.17, 15) is 0 Å². The van der Waals surface area contributed by atoms with Crippen LogP contribution in [0.3, 0.4) is 0 Å². The predicted molar refractivity (Wildman–Crippen MR) is 40.2 cm³/mol. The molecule has 4 unspecified atom stereocenters. The van der Waals surface area contributed by atoms with Crippen LogP contribution in [0.5, 0.6) is 0 Å². The first-order valence-corrected chi connectivity index (χ1v) is 4.83. The average Bonchev–Trinajstić information content (AvgIpc) is 2.57. The number of hydrogen-bond donors (Lipinski definition) is 0. The van der Waals surface area contributed by atoms with Crippen molar-refractivity contribution in [2.45, 2.75) is 31.3 Å². The van der Waals surface area contributed by atoms with Crippen molar-refractivity contribution in [1.29, 1.82) is 0 Å². The molecule has 2 heteroatoms. The van der Waals surface area contributed by atoms with Crippen molar-refractivity contribution >= 4 is 0 Å². The Hall–Kier alpha value is -0.400. The third-order valence-electron chi connectivity index (χ3n) is 4.45. The molecule has 0 amide bonds. The van der Waals surface area contributed by atoms with Crippen LogP contribution in [0, 0.1) is 23.7 Å². The summed E-state index contributed by atoms with van der Waals surface area (Å²) in [5.41, 5.74) is 0. The second-order valence-corrected chi connectivity index (χ2v) is 4.78. The summed E-state index contributed by atoms with van der Waals surface area (Å²) in [7, 11) is 0. The molecule has 0 spiro atoms. The smallest absolute Gasteiger partial charge is 0.0788 e. The molecule has 0 N–H and O–H groups in total. The first-order valence-electron chi connectivity index (χ1n) is 4.83. The van der Waals surface area contributed by atoms with Gasteiger partial charge in [-0.25, -0.2) is 0 Å².